The predicted molar refractivity (Wildman–Crippen MR) is 60.5 cm³/mol. The quantitative estimate of drug-likeness (QED) is 0.737. The van der Waals surface area contributed by atoms with Gasteiger partial charge in [-0.05, 0) is 19.0 Å². The molecule has 2 aromatic heterocycles. The highest BCUT2D eigenvalue weighted by Crippen LogP contribution is 2.35. The average molecular weight is 237 g/mol. The summed E-state index contributed by atoms with van der Waals surface area (Å²) in [6, 6.07) is 1.93. The van der Waals surface area contributed by atoms with E-state index in [4.69, 9.17) is 5.11 Å². The zero-order valence-electron chi connectivity index (χ0n) is 8.43. The predicted octanol–water partition coefficient (Wildman–Crippen LogP) is 1.36. The van der Waals surface area contributed by atoms with Crippen molar-refractivity contribution in [2.24, 2.45) is 5.92 Å². The highest BCUT2D eigenvalue weighted by atomic mass is 32.1. The Morgan fingerprint density at radius 3 is 3.25 bits per heavy atom. The number of aliphatic carboxylic acids is 1. The van der Waals surface area contributed by atoms with Crippen LogP contribution in [0, 0.1) is 5.92 Å². The lowest BCUT2D eigenvalue weighted by atomic mass is 10.00. The van der Waals surface area contributed by atoms with E-state index < -0.39 is 5.97 Å². The van der Waals surface area contributed by atoms with Gasteiger partial charge in [0, 0.05) is 4.88 Å². The summed E-state index contributed by atoms with van der Waals surface area (Å²) in [6.45, 7) is 0.765. The van der Waals surface area contributed by atoms with Crippen molar-refractivity contribution in [2.45, 2.75) is 12.5 Å². The third-order valence-corrected chi connectivity index (χ3v) is 4.11. The number of carboxylic acid groups (broad SMARTS) is 1. The third kappa shape index (κ3) is 1.42. The van der Waals surface area contributed by atoms with Gasteiger partial charge in [-0.25, -0.2) is 4.98 Å². The van der Waals surface area contributed by atoms with Crippen LogP contribution in [0.15, 0.2) is 12.4 Å². The molecule has 3 heterocycles. The molecule has 0 radical (unpaired) electrons. The minimum Gasteiger partial charge on any atom is -0.481 e. The van der Waals surface area contributed by atoms with Gasteiger partial charge in [-0.1, -0.05) is 0 Å². The van der Waals surface area contributed by atoms with Crippen LogP contribution in [0.25, 0.3) is 10.3 Å². The minimum atomic E-state index is -0.722. The zero-order valence-corrected chi connectivity index (χ0v) is 9.25. The van der Waals surface area contributed by atoms with Crippen molar-refractivity contribution in [1.29, 1.82) is 0 Å². The van der Waals surface area contributed by atoms with Crippen molar-refractivity contribution in [3.8, 4) is 0 Å². The normalized spacial score (nSPS) is 25.2. The number of hydrogen-bond acceptors (Lipinski definition) is 4. The van der Waals surface area contributed by atoms with Crippen LogP contribution in [0.1, 0.15) is 17.3 Å². The number of aromatic nitrogens is 2. The first-order valence-electron chi connectivity index (χ1n) is 5.14. The minimum absolute atomic E-state index is 0.0647. The van der Waals surface area contributed by atoms with Crippen molar-refractivity contribution in [3.05, 3.63) is 17.3 Å². The number of rotatable bonds is 2. The summed E-state index contributed by atoms with van der Waals surface area (Å²) in [5.74, 6) is -1.04. The van der Waals surface area contributed by atoms with E-state index in [-0.39, 0.29) is 12.0 Å². The highest BCUT2D eigenvalue weighted by molar-refractivity contribution is 7.18. The molecule has 3 N–H and O–H groups in total. The Hall–Kier alpha value is -1.40. The summed E-state index contributed by atoms with van der Waals surface area (Å²) in [4.78, 5) is 20.3. The van der Waals surface area contributed by atoms with Crippen LogP contribution in [0.3, 0.4) is 0 Å². The number of carbonyl (C=O) groups is 1. The maximum Gasteiger partial charge on any atom is 0.308 e. The number of nitrogens with zero attached hydrogens (tertiary/aromatic N) is 1. The van der Waals surface area contributed by atoms with Crippen molar-refractivity contribution >= 4 is 27.7 Å². The van der Waals surface area contributed by atoms with Gasteiger partial charge in [-0.2, -0.15) is 0 Å². The molecular weight excluding hydrogens is 226 g/mol. The van der Waals surface area contributed by atoms with Crippen LogP contribution < -0.4 is 5.32 Å². The van der Waals surface area contributed by atoms with Gasteiger partial charge in [0.15, 0.2) is 0 Å². The Balaban J connectivity index is 1.97. The molecule has 3 rings (SSSR count). The number of carboxylic acids is 1. The summed E-state index contributed by atoms with van der Waals surface area (Å²) in [6.07, 6.45) is 2.35. The fourth-order valence-corrected chi connectivity index (χ4v) is 3.29. The van der Waals surface area contributed by atoms with Crippen LogP contribution in [-0.4, -0.2) is 27.6 Å². The second-order valence-corrected chi connectivity index (χ2v) is 5.00. The van der Waals surface area contributed by atoms with E-state index >= 15 is 0 Å². The van der Waals surface area contributed by atoms with Gasteiger partial charge in [0.25, 0.3) is 0 Å². The fourth-order valence-electron chi connectivity index (χ4n) is 2.18. The number of hydrogen-bond donors (Lipinski definition) is 3. The molecule has 0 saturated carbocycles. The summed E-state index contributed by atoms with van der Waals surface area (Å²) in [7, 11) is 0. The first kappa shape index (κ1) is 9.80. The zero-order chi connectivity index (χ0) is 11.1. The maximum atomic E-state index is 11.1. The number of thiophene rings is 1. The molecule has 1 fully saturated rings. The van der Waals surface area contributed by atoms with E-state index in [1.165, 1.54) is 0 Å². The Labute approximate surface area is 95.5 Å². The Bertz CT molecular complexity index is 504. The van der Waals surface area contributed by atoms with Crippen LogP contribution in [-0.2, 0) is 4.79 Å². The van der Waals surface area contributed by atoms with Gasteiger partial charge >= 0.3 is 5.97 Å². The summed E-state index contributed by atoms with van der Waals surface area (Å²) in [5, 5.41) is 12.4. The smallest absolute Gasteiger partial charge is 0.308 e. The summed E-state index contributed by atoms with van der Waals surface area (Å²) in [5.41, 5.74) is 0.984. The fraction of sp³-hybridized carbons (Fsp3) is 0.400. The van der Waals surface area contributed by atoms with Gasteiger partial charge in [0.2, 0.25) is 0 Å². The molecule has 2 unspecified atom stereocenters. The van der Waals surface area contributed by atoms with Crippen LogP contribution in [0.2, 0.25) is 0 Å². The van der Waals surface area contributed by atoms with Gasteiger partial charge in [-0.15, -0.1) is 11.3 Å². The van der Waals surface area contributed by atoms with Gasteiger partial charge in [0.1, 0.15) is 4.83 Å². The second-order valence-electron chi connectivity index (χ2n) is 3.94. The maximum absolute atomic E-state index is 11.1. The molecule has 1 aliphatic heterocycles. The first-order valence-corrected chi connectivity index (χ1v) is 5.96. The SMILES string of the molecule is O=C(O)C1CCNC1c1cc2[nH]cnc2s1. The van der Waals surface area contributed by atoms with E-state index in [0.29, 0.717) is 6.42 Å². The number of imidazole rings is 1. The van der Waals surface area contributed by atoms with Crippen molar-refractivity contribution in [2.75, 3.05) is 6.54 Å². The molecule has 1 aliphatic rings. The topological polar surface area (TPSA) is 78.0 Å². The molecule has 0 aromatic carbocycles. The van der Waals surface area contributed by atoms with Gasteiger partial charge in [-0.3, -0.25) is 4.79 Å². The summed E-state index contributed by atoms with van der Waals surface area (Å²) < 4.78 is 0. The largest absolute Gasteiger partial charge is 0.481 e. The van der Waals surface area contributed by atoms with E-state index in [9.17, 15) is 4.79 Å². The van der Waals surface area contributed by atoms with Gasteiger partial charge in [0.05, 0.1) is 23.8 Å². The molecule has 84 valence electrons. The first-order chi connectivity index (χ1) is 7.75. The molecule has 1 saturated heterocycles. The number of nitrogens with one attached hydrogen (secondary N) is 2. The van der Waals surface area contributed by atoms with E-state index in [2.05, 4.69) is 15.3 Å². The summed E-state index contributed by atoms with van der Waals surface area (Å²) >= 11 is 1.55. The molecule has 0 amide bonds. The lowest BCUT2D eigenvalue weighted by Crippen LogP contribution is -2.22. The van der Waals surface area contributed by atoms with E-state index in [1.807, 2.05) is 6.07 Å². The Morgan fingerprint density at radius 2 is 2.50 bits per heavy atom. The van der Waals surface area contributed by atoms with Crippen molar-refractivity contribution in [3.63, 3.8) is 0 Å². The molecule has 0 spiro atoms. The molecule has 0 bridgehead atoms. The van der Waals surface area contributed by atoms with Crippen LogP contribution >= 0.6 is 11.3 Å². The highest BCUT2D eigenvalue weighted by Gasteiger charge is 2.34. The third-order valence-electron chi connectivity index (χ3n) is 2.98. The van der Waals surface area contributed by atoms with E-state index in [1.54, 1.807) is 17.7 Å². The van der Waals surface area contributed by atoms with Crippen molar-refractivity contribution in [1.82, 2.24) is 15.3 Å². The lowest BCUT2D eigenvalue weighted by Gasteiger charge is -2.13. The standard InChI is InChI=1S/C10H11N3O2S/c14-10(15)5-1-2-11-8(5)7-3-6-9(16-7)13-4-12-6/h3-5,8,11H,1-2H2,(H,12,13)(H,14,15). The average Bonchev–Trinajstić information content (AvgIpc) is 2.91. The molecule has 5 nitrogen and oxygen atoms in total. The Kier molecular flexibility index (Phi) is 2.19. The molecule has 6 heteroatoms. The van der Waals surface area contributed by atoms with Crippen LogP contribution in [0.4, 0.5) is 0 Å². The molecular formula is C10H11N3O2S. The molecule has 16 heavy (non-hydrogen) atoms. The number of aromatic amines is 1. The molecule has 2 aromatic rings. The van der Waals surface area contributed by atoms with Crippen molar-refractivity contribution < 1.29 is 9.90 Å². The number of H-pyrrole nitrogens is 1. The number of fused-ring (bicyclic) bond motifs is 1. The van der Waals surface area contributed by atoms with E-state index in [0.717, 1.165) is 21.8 Å². The lowest BCUT2D eigenvalue weighted by molar-refractivity contribution is -0.142. The Morgan fingerprint density at radius 1 is 1.62 bits per heavy atom. The molecule has 2 atom stereocenters. The molecule has 0 aliphatic carbocycles. The van der Waals surface area contributed by atoms with Crippen LogP contribution in [0.5, 0.6) is 0 Å². The van der Waals surface area contributed by atoms with Gasteiger partial charge < -0.3 is 15.4 Å². The monoisotopic (exact) mass is 237 g/mol. The second kappa shape index (κ2) is 3.57.